The Hall–Kier alpha value is 0.310. The lowest BCUT2D eigenvalue weighted by molar-refractivity contribution is 0.658. The summed E-state index contributed by atoms with van der Waals surface area (Å²) in [6.07, 6.45) is 8.05. The van der Waals surface area contributed by atoms with Crippen LogP contribution in [-0.4, -0.2) is 17.5 Å². The van der Waals surface area contributed by atoms with Gasteiger partial charge in [-0.25, -0.2) is 0 Å². The van der Waals surface area contributed by atoms with Crippen molar-refractivity contribution in [1.29, 1.82) is 0 Å². The van der Waals surface area contributed by atoms with Crippen molar-refractivity contribution in [2.24, 2.45) is 5.73 Å². The Morgan fingerprint density at radius 1 is 1.08 bits per heavy atom. The molecular weight excluding hydrogens is 178 g/mol. The van der Waals surface area contributed by atoms with Gasteiger partial charge in [-0.1, -0.05) is 39.5 Å². The van der Waals surface area contributed by atoms with Crippen molar-refractivity contribution < 1.29 is 0 Å². The third kappa shape index (κ3) is 10.2. The normalized spacial score (nSPS) is 13.2. The summed E-state index contributed by atoms with van der Waals surface area (Å²) in [6.45, 7) is 4.42. The average molecular weight is 203 g/mol. The number of unbranched alkanes of at least 4 members (excludes halogenated alkanes) is 4. The Labute approximate surface area is 87.9 Å². The molecule has 2 heteroatoms. The van der Waals surface area contributed by atoms with E-state index in [0.717, 1.165) is 12.2 Å². The maximum atomic E-state index is 5.81. The van der Waals surface area contributed by atoms with Crippen molar-refractivity contribution in [3.05, 3.63) is 0 Å². The molecule has 80 valence electrons. The molecule has 0 aromatic rings. The van der Waals surface area contributed by atoms with Gasteiger partial charge < -0.3 is 5.73 Å². The van der Waals surface area contributed by atoms with E-state index in [1.165, 1.54) is 37.9 Å². The third-order valence-corrected chi connectivity index (χ3v) is 3.49. The zero-order valence-corrected chi connectivity index (χ0v) is 10.0. The summed E-state index contributed by atoms with van der Waals surface area (Å²) in [7, 11) is 0. The lowest BCUT2D eigenvalue weighted by Crippen LogP contribution is -2.21. The molecule has 0 radical (unpaired) electrons. The fourth-order valence-electron chi connectivity index (χ4n) is 1.16. The van der Waals surface area contributed by atoms with Crippen LogP contribution in [0, 0.1) is 0 Å². The summed E-state index contributed by atoms with van der Waals surface area (Å²) in [6, 6.07) is 0.417. The molecule has 0 aliphatic heterocycles. The molecule has 0 saturated heterocycles. The fraction of sp³-hybridized carbons (Fsp3) is 1.00. The van der Waals surface area contributed by atoms with Gasteiger partial charge in [-0.05, 0) is 18.6 Å². The Morgan fingerprint density at radius 2 is 1.77 bits per heavy atom. The first-order chi connectivity index (χ1) is 6.31. The molecule has 1 atom stereocenters. The average Bonchev–Trinajstić information content (AvgIpc) is 2.16. The van der Waals surface area contributed by atoms with Crippen LogP contribution < -0.4 is 5.73 Å². The summed E-state index contributed by atoms with van der Waals surface area (Å²) in [5.41, 5.74) is 5.81. The summed E-state index contributed by atoms with van der Waals surface area (Å²) < 4.78 is 0. The standard InChI is InChI=1S/C11H25NS/c1-3-5-6-7-8-9-13-10-11(12)4-2/h11H,3-10,12H2,1-2H3. The highest BCUT2D eigenvalue weighted by Crippen LogP contribution is 2.09. The lowest BCUT2D eigenvalue weighted by Gasteiger charge is -2.07. The summed E-state index contributed by atoms with van der Waals surface area (Å²) in [5.74, 6) is 2.45. The Kier molecular flexibility index (Phi) is 10.6. The second-order valence-electron chi connectivity index (χ2n) is 3.66. The molecule has 2 N–H and O–H groups in total. The SMILES string of the molecule is CCCCCCCSCC(N)CC. The van der Waals surface area contributed by atoms with E-state index in [2.05, 4.69) is 13.8 Å². The van der Waals surface area contributed by atoms with Crippen LogP contribution in [0.15, 0.2) is 0 Å². The van der Waals surface area contributed by atoms with Gasteiger partial charge in [-0.3, -0.25) is 0 Å². The maximum absolute atomic E-state index is 5.81. The van der Waals surface area contributed by atoms with Crippen molar-refractivity contribution >= 4 is 11.8 Å². The highest BCUT2D eigenvalue weighted by Gasteiger charge is 1.97. The molecule has 0 amide bonds. The van der Waals surface area contributed by atoms with Crippen LogP contribution in [0.2, 0.25) is 0 Å². The quantitative estimate of drug-likeness (QED) is 0.581. The Morgan fingerprint density at radius 3 is 2.38 bits per heavy atom. The van der Waals surface area contributed by atoms with Crippen LogP contribution in [0.1, 0.15) is 52.4 Å². The monoisotopic (exact) mass is 203 g/mol. The summed E-state index contributed by atoms with van der Waals surface area (Å²) in [5, 5.41) is 0. The largest absolute Gasteiger partial charge is 0.327 e. The van der Waals surface area contributed by atoms with Gasteiger partial charge in [0, 0.05) is 11.8 Å². The molecule has 0 heterocycles. The van der Waals surface area contributed by atoms with Crippen molar-refractivity contribution in [3.8, 4) is 0 Å². The molecule has 0 aliphatic carbocycles. The molecule has 0 bridgehead atoms. The van der Waals surface area contributed by atoms with Gasteiger partial charge in [0.25, 0.3) is 0 Å². The van der Waals surface area contributed by atoms with Crippen molar-refractivity contribution in [2.45, 2.75) is 58.4 Å². The minimum Gasteiger partial charge on any atom is -0.327 e. The first-order valence-electron chi connectivity index (χ1n) is 5.64. The smallest absolute Gasteiger partial charge is 0.0127 e. The van der Waals surface area contributed by atoms with Crippen molar-refractivity contribution in [2.75, 3.05) is 11.5 Å². The minimum atomic E-state index is 0.417. The van der Waals surface area contributed by atoms with Crippen LogP contribution in [0.5, 0.6) is 0 Å². The fourth-order valence-corrected chi connectivity index (χ4v) is 2.27. The first-order valence-corrected chi connectivity index (χ1v) is 6.80. The molecule has 0 saturated carbocycles. The second kappa shape index (κ2) is 10.4. The number of nitrogens with two attached hydrogens (primary N) is 1. The van der Waals surface area contributed by atoms with Gasteiger partial charge in [0.2, 0.25) is 0 Å². The highest BCUT2D eigenvalue weighted by molar-refractivity contribution is 7.99. The maximum Gasteiger partial charge on any atom is 0.0127 e. The predicted octanol–water partition coefficient (Wildman–Crippen LogP) is 3.43. The van der Waals surface area contributed by atoms with Crippen LogP contribution >= 0.6 is 11.8 Å². The molecule has 0 aliphatic rings. The molecule has 0 fully saturated rings. The molecule has 13 heavy (non-hydrogen) atoms. The summed E-state index contributed by atoms with van der Waals surface area (Å²) >= 11 is 2.02. The van der Waals surface area contributed by atoms with Crippen molar-refractivity contribution in [3.63, 3.8) is 0 Å². The number of thioether (sulfide) groups is 1. The topological polar surface area (TPSA) is 26.0 Å². The molecule has 0 spiro atoms. The second-order valence-corrected chi connectivity index (χ2v) is 4.81. The third-order valence-electron chi connectivity index (χ3n) is 2.25. The lowest BCUT2D eigenvalue weighted by atomic mass is 10.2. The van der Waals surface area contributed by atoms with E-state index in [-0.39, 0.29) is 0 Å². The van der Waals surface area contributed by atoms with E-state index < -0.39 is 0 Å². The molecule has 0 aromatic carbocycles. The molecule has 1 nitrogen and oxygen atoms in total. The minimum absolute atomic E-state index is 0.417. The van der Waals surface area contributed by atoms with E-state index in [1.807, 2.05) is 11.8 Å². The molecular formula is C11H25NS. The van der Waals surface area contributed by atoms with E-state index in [4.69, 9.17) is 5.73 Å². The Balaban J connectivity index is 2.91. The zero-order valence-electron chi connectivity index (χ0n) is 9.22. The number of hydrogen-bond donors (Lipinski definition) is 1. The van der Waals surface area contributed by atoms with Gasteiger partial charge in [0.05, 0.1) is 0 Å². The highest BCUT2D eigenvalue weighted by atomic mass is 32.2. The van der Waals surface area contributed by atoms with Crippen molar-refractivity contribution in [1.82, 2.24) is 0 Å². The summed E-state index contributed by atoms with van der Waals surface area (Å²) in [4.78, 5) is 0. The number of rotatable bonds is 9. The van der Waals surface area contributed by atoms with E-state index in [1.54, 1.807) is 0 Å². The predicted molar refractivity (Wildman–Crippen MR) is 64.4 cm³/mol. The van der Waals surface area contributed by atoms with Gasteiger partial charge in [0.1, 0.15) is 0 Å². The number of hydrogen-bond acceptors (Lipinski definition) is 2. The van der Waals surface area contributed by atoms with Gasteiger partial charge >= 0.3 is 0 Å². The first kappa shape index (κ1) is 13.3. The van der Waals surface area contributed by atoms with Crippen LogP contribution in [-0.2, 0) is 0 Å². The van der Waals surface area contributed by atoms with Gasteiger partial charge in [0.15, 0.2) is 0 Å². The van der Waals surface area contributed by atoms with Crippen LogP contribution in [0.3, 0.4) is 0 Å². The van der Waals surface area contributed by atoms with Gasteiger partial charge in [-0.2, -0.15) is 11.8 Å². The molecule has 0 rings (SSSR count). The van der Waals surface area contributed by atoms with E-state index in [0.29, 0.717) is 6.04 Å². The zero-order chi connectivity index (χ0) is 9.94. The van der Waals surface area contributed by atoms with Crippen LogP contribution in [0.25, 0.3) is 0 Å². The Bertz CT molecular complexity index is 96.1. The van der Waals surface area contributed by atoms with E-state index >= 15 is 0 Å². The molecule has 1 unspecified atom stereocenters. The molecule has 0 aromatic heterocycles. The van der Waals surface area contributed by atoms with E-state index in [9.17, 15) is 0 Å². The van der Waals surface area contributed by atoms with Crippen LogP contribution in [0.4, 0.5) is 0 Å². The van der Waals surface area contributed by atoms with Gasteiger partial charge in [-0.15, -0.1) is 0 Å².